The second kappa shape index (κ2) is 7.23. The maximum absolute atomic E-state index is 6.28. The summed E-state index contributed by atoms with van der Waals surface area (Å²) >= 11 is 17.2. The van der Waals surface area contributed by atoms with Crippen LogP contribution in [0.3, 0.4) is 0 Å². The van der Waals surface area contributed by atoms with Crippen molar-refractivity contribution in [3.63, 3.8) is 0 Å². The van der Waals surface area contributed by atoms with Gasteiger partial charge in [0.1, 0.15) is 4.99 Å². The van der Waals surface area contributed by atoms with Crippen molar-refractivity contribution in [1.82, 2.24) is 4.90 Å². The number of nitrogens with two attached hydrogens (primary N) is 1. The summed E-state index contributed by atoms with van der Waals surface area (Å²) in [5.74, 6) is 0. The van der Waals surface area contributed by atoms with E-state index in [1.165, 1.54) is 5.56 Å². The van der Waals surface area contributed by atoms with Crippen molar-refractivity contribution in [2.45, 2.75) is 13.1 Å². The minimum atomic E-state index is 0.357. The van der Waals surface area contributed by atoms with Crippen LogP contribution in [0.25, 0.3) is 0 Å². The zero-order chi connectivity index (χ0) is 15.4. The Morgan fingerprint density at radius 1 is 1.14 bits per heavy atom. The molecule has 0 aliphatic heterocycles. The molecule has 0 heterocycles. The Morgan fingerprint density at radius 2 is 1.90 bits per heavy atom. The van der Waals surface area contributed by atoms with Gasteiger partial charge in [0.15, 0.2) is 0 Å². The average molecular weight is 339 g/mol. The number of hydrogen-bond acceptors (Lipinski definition) is 2. The maximum Gasteiger partial charge on any atom is 0.104 e. The van der Waals surface area contributed by atoms with Crippen LogP contribution < -0.4 is 5.73 Å². The molecule has 0 saturated carbocycles. The zero-order valence-electron chi connectivity index (χ0n) is 11.6. The predicted molar refractivity (Wildman–Crippen MR) is 94.0 cm³/mol. The van der Waals surface area contributed by atoms with E-state index >= 15 is 0 Å². The van der Waals surface area contributed by atoms with E-state index < -0.39 is 0 Å². The minimum Gasteiger partial charge on any atom is -0.389 e. The molecule has 5 heteroatoms. The Labute approximate surface area is 140 Å². The van der Waals surface area contributed by atoms with Crippen molar-refractivity contribution in [2.75, 3.05) is 7.05 Å². The number of benzene rings is 2. The first-order valence-electron chi connectivity index (χ1n) is 6.47. The fourth-order valence-corrected chi connectivity index (χ4v) is 2.70. The Kier molecular flexibility index (Phi) is 5.59. The Hall–Kier alpha value is -1.13. The van der Waals surface area contributed by atoms with Gasteiger partial charge in [0.2, 0.25) is 0 Å². The lowest BCUT2D eigenvalue weighted by molar-refractivity contribution is 0.319. The quantitative estimate of drug-likeness (QED) is 0.826. The van der Waals surface area contributed by atoms with Gasteiger partial charge in [-0.25, -0.2) is 0 Å². The van der Waals surface area contributed by atoms with Gasteiger partial charge in [-0.15, -0.1) is 0 Å². The Balaban J connectivity index is 2.06. The normalized spacial score (nSPS) is 10.9. The van der Waals surface area contributed by atoms with Gasteiger partial charge in [-0.3, -0.25) is 4.90 Å². The third kappa shape index (κ3) is 4.68. The van der Waals surface area contributed by atoms with Crippen LogP contribution in [0.1, 0.15) is 16.7 Å². The third-order valence-electron chi connectivity index (χ3n) is 3.12. The molecular formula is C16H16Cl2N2S. The van der Waals surface area contributed by atoms with Gasteiger partial charge in [0.25, 0.3) is 0 Å². The fourth-order valence-electron chi connectivity index (χ4n) is 2.12. The molecule has 0 bridgehead atoms. The van der Waals surface area contributed by atoms with Crippen molar-refractivity contribution >= 4 is 40.4 Å². The van der Waals surface area contributed by atoms with Crippen LogP contribution in [-0.2, 0) is 13.1 Å². The van der Waals surface area contributed by atoms with E-state index in [1.54, 1.807) is 0 Å². The highest BCUT2D eigenvalue weighted by molar-refractivity contribution is 7.80. The van der Waals surface area contributed by atoms with Crippen molar-refractivity contribution in [3.8, 4) is 0 Å². The topological polar surface area (TPSA) is 29.3 Å². The molecule has 0 aromatic heterocycles. The smallest absolute Gasteiger partial charge is 0.104 e. The molecule has 0 atom stereocenters. The first-order chi connectivity index (χ1) is 9.95. The lowest BCUT2D eigenvalue weighted by Gasteiger charge is -2.18. The zero-order valence-corrected chi connectivity index (χ0v) is 14.0. The molecule has 0 aliphatic rings. The van der Waals surface area contributed by atoms with Crippen LogP contribution in [0.2, 0.25) is 10.0 Å². The van der Waals surface area contributed by atoms with Gasteiger partial charge in [0, 0.05) is 28.7 Å². The SMILES string of the molecule is CN(Cc1cccc(Cl)c1)Cc1ccc(C(N)=S)cc1Cl. The van der Waals surface area contributed by atoms with E-state index in [1.807, 2.05) is 43.4 Å². The molecule has 0 fully saturated rings. The van der Waals surface area contributed by atoms with Gasteiger partial charge in [-0.2, -0.15) is 0 Å². The number of thiocarbonyl (C=S) groups is 1. The number of rotatable bonds is 5. The van der Waals surface area contributed by atoms with Crippen molar-refractivity contribution in [2.24, 2.45) is 5.73 Å². The first-order valence-corrected chi connectivity index (χ1v) is 7.63. The standard InChI is InChI=1S/C16H16Cl2N2S/c1-20(9-11-3-2-4-14(17)7-11)10-13-6-5-12(16(19)21)8-15(13)18/h2-8H,9-10H2,1H3,(H2,19,21). The molecule has 21 heavy (non-hydrogen) atoms. The van der Waals surface area contributed by atoms with Crippen LogP contribution in [-0.4, -0.2) is 16.9 Å². The second-order valence-electron chi connectivity index (χ2n) is 4.97. The van der Waals surface area contributed by atoms with Crippen LogP contribution in [0.4, 0.5) is 0 Å². The van der Waals surface area contributed by atoms with Crippen molar-refractivity contribution in [1.29, 1.82) is 0 Å². The summed E-state index contributed by atoms with van der Waals surface area (Å²) in [5, 5.41) is 1.43. The van der Waals surface area contributed by atoms with Crippen LogP contribution in [0.15, 0.2) is 42.5 Å². The first kappa shape index (κ1) is 16.2. The molecule has 2 N–H and O–H groups in total. The van der Waals surface area contributed by atoms with Gasteiger partial charge in [-0.1, -0.05) is 59.7 Å². The summed E-state index contributed by atoms with van der Waals surface area (Å²) in [5.41, 5.74) is 8.60. The van der Waals surface area contributed by atoms with Gasteiger partial charge in [0.05, 0.1) is 0 Å². The van der Waals surface area contributed by atoms with Crippen molar-refractivity contribution < 1.29 is 0 Å². The highest BCUT2D eigenvalue weighted by Crippen LogP contribution is 2.20. The van der Waals surface area contributed by atoms with Gasteiger partial charge in [-0.05, 0) is 36.4 Å². The molecule has 0 saturated heterocycles. The Morgan fingerprint density at radius 3 is 2.52 bits per heavy atom. The largest absolute Gasteiger partial charge is 0.389 e. The van der Waals surface area contributed by atoms with Gasteiger partial charge >= 0.3 is 0 Å². The summed E-state index contributed by atoms with van der Waals surface area (Å²) in [7, 11) is 2.04. The average Bonchev–Trinajstić information content (AvgIpc) is 2.40. The molecule has 0 radical (unpaired) electrons. The lowest BCUT2D eigenvalue weighted by atomic mass is 10.1. The molecule has 2 aromatic rings. The molecule has 0 aliphatic carbocycles. The molecule has 2 rings (SSSR count). The second-order valence-corrected chi connectivity index (χ2v) is 6.26. The molecule has 2 nitrogen and oxygen atoms in total. The monoisotopic (exact) mass is 338 g/mol. The molecule has 0 unspecified atom stereocenters. The summed E-state index contributed by atoms with van der Waals surface area (Å²) in [6.07, 6.45) is 0. The molecule has 2 aromatic carbocycles. The number of hydrogen-bond donors (Lipinski definition) is 1. The summed E-state index contributed by atoms with van der Waals surface area (Å²) in [4.78, 5) is 2.53. The molecule has 110 valence electrons. The molecular weight excluding hydrogens is 323 g/mol. The van der Waals surface area contributed by atoms with E-state index in [2.05, 4.69) is 11.0 Å². The third-order valence-corrected chi connectivity index (χ3v) is 3.94. The summed E-state index contributed by atoms with van der Waals surface area (Å²) < 4.78 is 0. The summed E-state index contributed by atoms with van der Waals surface area (Å²) in [6, 6.07) is 13.5. The van der Waals surface area contributed by atoms with E-state index in [4.69, 9.17) is 41.2 Å². The lowest BCUT2D eigenvalue weighted by Crippen LogP contribution is -2.18. The van der Waals surface area contributed by atoms with E-state index in [0.29, 0.717) is 10.0 Å². The van der Waals surface area contributed by atoms with E-state index in [-0.39, 0.29) is 0 Å². The highest BCUT2D eigenvalue weighted by Gasteiger charge is 2.07. The molecule has 0 amide bonds. The van der Waals surface area contributed by atoms with Crippen LogP contribution in [0, 0.1) is 0 Å². The predicted octanol–water partition coefficient (Wildman–Crippen LogP) is 4.26. The van der Waals surface area contributed by atoms with E-state index in [9.17, 15) is 0 Å². The van der Waals surface area contributed by atoms with Crippen molar-refractivity contribution in [3.05, 3.63) is 69.2 Å². The minimum absolute atomic E-state index is 0.357. The molecule has 0 spiro atoms. The van der Waals surface area contributed by atoms with Crippen LogP contribution >= 0.6 is 35.4 Å². The van der Waals surface area contributed by atoms with E-state index in [0.717, 1.165) is 29.2 Å². The van der Waals surface area contributed by atoms with Crippen LogP contribution in [0.5, 0.6) is 0 Å². The fraction of sp³-hybridized carbons (Fsp3) is 0.188. The highest BCUT2D eigenvalue weighted by atomic mass is 35.5. The number of halogens is 2. The van der Waals surface area contributed by atoms with Gasteiger partial charge < -0.3 is 5.73 Å². The number of nitrogens with zero attached hydrogens (tertiary/aromatic N) is 1. The maximum atomic E-state index is 6.28. The summed E-state index contributed by atoms with van der Waals surface area (Å²) in [6.45, 7) is 1.54. The Bertz CT molecular complexity index is 658.